The minimum absolute atomic E-state index is 0.0434. The first kappa shape index (κ1) is 22.7. The fourth-order valence-electron chi connectivity index (χ4n) is 1.55. The Balaban J connectivity index is 0. The summed E-state index contributed by atoms with van der Waals surface area (Å²) in [5.41, 5.74) is 4.76. The van der Waals surface area contributed by atoms with Crippen LogP contribution >= 0.6 is 0 Å². The monoisotopic (exact) mass is 312 g/mol. The van der Waals surface area contributed by atoms with Gasteiger partial charge in [-0.3, -0.25) is 25.5 Å². The molecule has 0 spiro atoms. The van der Waals surface area contributed by atoms with Crippen LogP contribution in [0.2, 0.25) is 0 Å². The van der Waals surface area contributed by atoms with Gasteiger partial charge in [0.15, 0.2) is 0 Å². The van der Waals surface area contributed by atoms with Crippen LogP contribution in [0.4, 0.5) is 0 Å². The van der Waals surface area contributed by atoms with Crippen LogP contribution in [-0.4, -0.2) is 28.4 Å². The van der Waals surface area contributed by atoms with Gasteiger partial charge in [0.1, 0.15) is 11.6 Å². The van der Waals surface area contributed by atoms with Crippen LogP contribution in [0.5, 0.6) is 0 Å². The van der Waals surface area contributed by atoms with Gasteiger partial charge in [-0.2, -0.15) is 5.10 Å². The summed E-state index contributed by atoms with van der Waals surface area (Å²) in [5, 5.41) is 4.32. The Morgan fingerprint density at radius 3 is 1.82 bits per heavy atom. The Bertz CT molecular complexity index is 414. The molecular formula is C16H32N4O2. The van der Waals surface area contributed by atoms with Crippen LogP contribution in [0.3, 0.4) is 0 Å². The minimum atomic E-state index is 0.0434. The smallest absolute Gasteiger partial charge is 0.139 e. The maximum Gasteiger partial charge on any atom is 0.139 e. The zero-order valence-corrected chi connectivity index (χ0v) is 14.9. The maximum atomic E-state index is 10.6. The second kappa shape index (κ2) is 14.4. The van der Waals surface area contributed by atoms with Crippen molar-refractivity contribution in [2.24, 2.45) is 12.9 Å². The highest BCUT2D eigenvalue weighted by molar-refractivity contribution is 5.98. The van der Waals surface area contributed by atoms with Gasteiger partial charge in [-0.25, -0.2) is 0 Å². The molecule has 0 unspecified atom stereocenters. The number of hydrazine groups is 1. The van der Waals surface area contributed by atoms with Crippen molar-refractivity contribution in [1.29, 1.82) is 0 Å². The lowest BCUT2D eigenvalue weighted by atomic mass is 10.1. The van der Waals surface area contributed by atoms with E-state index in [1.165, 1.54) is 11.4 Å². The van der Waals surface area contributed by atoms with Crippen LogP contribution in [0, 0.1) is 0 Å². The number of ketones is 2. The molecule has 0 aliphatic heterocycles. The van der Waals surface area contributed by atoms with Gasteiger partial charge in [0.05, 0.1) is 12.1 Å². The third kappa shape index (κ3) is 11.2. The Kier molecular flexibility index (Phi) is 14.9. The maximum absolute atomic E-state index is 10.6. The van der Waals surface area contributed by atoms with E-state index in [4.69, 9.17) is 0 Å². The predicted molar refractivity (Wildman–Crippen MR) is 90.4 cm³/mol. The Hall–Kier alpha value is -1.53. The van der Waals surface area contributed by atoms with Crippen LogP contribution in [-0.2, 0) is 29.5 Å². The van der Waals surface area contributed by atoms with Crippen molar-refractivity contribution < 1.29 is 9.59 Å². The van der Waals surface area contributed by atoms with Crippen LogP contribution in [0.25, 0.3) is 0 Å². The number of nitrogens with zero attached hydrogens (tertiary/aromatic N) is 2. The molecule has 0 bridgehead atoms. The normalized spacial score (nSPS) is 9.23. The molecule has 0 aromatic carbocycles. The van der Waals surface area contributed by atoms with Gasteiger partial charge in [0.25, 0.3) is 0 Å². The molecule has 0 saturated heterocycles. The largest absolute Gasteiger partial charge is 0.299 e. The van der Waals surface area contributed by atoms with E-state index in [1.54, 1.807) is 20.9 Å². The highest BCUT2D eigenvalue weighted by Gasteiger charge is 2.03. The average Bonchev–Trinajstić information content (AvgIpc) is 2.88. The summed E-state index contributed by atoms with van der Waals surface area (Å²) >= 11 is 0. The quantitative estimate of drug-likeness (QED) is 0.476. The van der Waals surface area contributed by atoms with Crippen molar-refractivity contribution in [3.8, 4) is 0 Å². The standard InChI is InChI=1S/C8H14N2.C7H12O2.CH6N2/c1-4-7-6-8(5-2)10(3)9-7;1-3-6(8)5-7(9)4-2;1-3-2/h6H,4-5H2,1-3H3;3-5H2,1-2H3;3H,2H2,1H3. The lowest BCUT2D eigenvalue weighted by Gasteiger charge is -1.92. The first-order chi connectivity index (χ1) is 10.4. The third-order valence-electron chi connectivity index (χ3n) is 2.93. The molecule has 1 heterocycles. The van der Waals surface area contributed by atoms with Gasteiger partial charge in [0, 0.05) is 25.6 Å². The predicted octanol–water partition coefficient (Wildman–Crippen LogP) is 1.96. The van der Waals surface area contributed by atoms with Gasteiger partial charge in [-0.1, -0.05) is 27.7 Å². The molecule has 6 heteroatoms. The topological polar surface area (TPSA) is 90.0 Å². The molecule has 22 heavy (non-hydrogen) atoms. The summed E-state index contributed by atoms with van der Waals surface area (Å²) in [6.45, 7) is 7.81. The van der Waals surface area contributed by atoms with E-state index < -0.39 is 0 Å². The number of hydrogen-bond donors (Lipinski definition) is 2. The highest BCUT2D eigenvalue weighted by atomic mass is 16.1. The number of carbonyl (C=O) groups is 2. The summed E-state index contributed by atoms with van der Waals surface area (Å²) in [4.78, 5) is 21.1. The van der Waals surface area contributed by atoms with Crippen molar-refractivity contribution >= 4 is 11.6 Å². The summed E-state index contributed by atoms with van der Waals surface area (Å²) in [6.07, 6.45) is 3.20. The van der Waals surface area contributed by atoms with E-state index in [1.807, 2.05) is 11.7 Å². The third-order valence-corrected chi connectivity index (χ3v) is 2.93. The van der Waals surface area contributed by atoms with E-state index in [0.29, 0.717) is 12.8 Å². The number of nitrogens with two attached hydrogens (primary N) is 1. The van der Waals surface area contributed by atoms with Crippen LogP contribution < -0.4 is 11.3 Å². The SMILES string of the molecule is CCC(=O)CC(=O)CC.CCc1cc(CC)n(C)n1.CNN. The van der Waals surface area contributed by atoms with Crippen molar-refractivity contribution in [3.05, 3.63) is 17.5 Å². The summed E-state index contributed by atoms with van der Waals surface area (Å²) in [5.74, 6) is 4.68. The first-order valence-corrected chi connectivity index (χ1v) is 7.82. The second-order valence-electron chi connectivity index (χ2n) is 4.71. The number of aryl methyl sites for hydroxylation is 3. The number of nitrogens with one attached hydrogen (secondary N) is 1. The molecule has 0 radical (unpaired) electrons. The second-order valence-corrected chi connectivity index (χ2v) is 4.71. The zero-order chi connectivity index (χ0) is 17.5. The molecule has 0 saturated carbocycles. The molecule has 0 atom stereocenters. The van der Waals surface area contributed by atoms with E-state index in [-0.39, 0.29) is 18.0 Å². The van der Waals surface area contributed by atoms with Gasteiger partial charge in [-0.05, 0) is 26.0 Å². The van der Waals surface area contributed by atoms with Crippen molar-refractivity contribution in [1.82, 2.24) is 15.2 Å². The van der Waals surface area contributed by atoms with Gasteiger partial charge < -0.3 is 0 Å². The molecule has 3 N–H and O–H groups in total. The van der Waals surface area contributed by atoms with Crippen LogP contribution in [0.1, 0.15) is 58.3 Å². The lowest BCUT2D eigenvalue weighted by Crippen LogP contribution is -2.13. The number of carbonyl (C=O) groups excluding carboxylic acids is 2. The highest BCUT2D eigenvalue weighted by Crippen LogP contribution is 2.03. The molecule has 0 aliphatic rings. The lowest BCUT2D eigenvalue weighted by molar-refractivity contribution is -0.126. The summed E-state index contributed by atoms with van der Waals surface area (Å²) in [6, 6.07) is 2.17. The molecule has 6 nitrogen and oxygen atoms in total. The zero-order valence-electron chi connectivity index (χ0n) is 14.9. The Labute approximate surface area is 134 Å². The van der Waals surface area contributed by atoms with Crippen LogP contribution in [0.15, 0.2) is 6.07 Å². The number of rotatable bonds is 6. The molecule has 0 fully saturated rings. The van der Waals surface area contributed by atoms with Crippen molar-refractivity contribution in [2.75, 3.05) is 7.05 Å². The Morgan fingerprint density at radius 1 is 1.14 bits per heavy atom. The number of aromatic nitrogens is 2. The first-order valence-electron chi connectivity index (χ1n) is 7.82. The molecule has 1 aromatic heterocycles. The van der Waals surface area contributed by atoms with Crippen molar-refractivity contribution in [3.63, 3.8) is 0 Å². The number of Topliss-reactive ketones (excluding diaryl/α,β-unsaturated/α-hetero) is 2. The summed E-state index contributed by atoms with van der Waals surface area (Å²) in [7, 11) is 3.65. The molecule has 1 aromatic rings. The van der Waals surface area contributed by atoms with Gasteiger partial charge >= 0.3 is 0 Å². The fraction of sp³-hybridized carbons (Fsp3) is 0.688. The summed E-state index contributed by atoms with van der Waals surface area (Å²) < 4.78 is 1.96. The van der Waals surface area contributed by atoms with E-state index in [0.717, 1.165) is 12.8 Å². The van der Waals surface area contributed by atoms with E-state index in [9.17, 15) is 9.59 Å². The van der Waals surface area contributed by atoms with Crippen molar-refractivity contribution in [2.45, 2.75) is 59.8 Å². The fourth-order valence-corrected chi connectivity index (χ4v) is 1.55. The van der Waals surface area contributed by atoms with E-state index in [2.05, 4.69) is 36.3 Å². The molecule has 0 aliphatic carbocycles. The molecular weight excluding hydrogens is 280 g/mol. The van der Waals surface area contributed by atoms with E-state index >= 15 is 0 Å². The minimum Gasteiger partial charge on any atom is -0.299 e. The average molecular weight is 312 g/mol. The molecule has 1 rings (SSSR count). The Morgan fingerprint density at radius 2 is 1.59 bits per heavy atom. The molecule has 0 amide bonds. The van der Waals surface area contributed by atoms with Gasteiger partial charge in [0.2, 0.25) is 0 Å². The molecule has 128 valence electrons. The van der Waals surface area contributed by atoms with Gasteiger partial charge in [-0.15, -0.1) is 0 Å². The number of hydrogen-bond acceptors (Lipinski definition) is 5.